The molecule has 118 valence electrons. The van der Waals surface area contributed by atoms with E-state index >= 15 is 0 Å². The Bertz CT molecular complexity index is 581. The summed E-state index contributed by atoms with van der Waals surface area (Å²) in [4.78, 5) is 6.83. The summed E-state index contributed by atoms with van der Waals surface area (Å²) in [6, 6.07) is 10.4. The Balaban J connectivity index is 1.45. The first-order valence-electron chi connectivity index (χ1n) is 8.14. The van der Waals surface area contributed by atoms with Crippen molar-refractivity contribution >= 4 is 0 Å². The summed E-state index contributed by atoms with van der Waals surface area (Å²) in [6.45, 7) is 2.83. The third-order valence-corrected chi connectivity index (χ3v) is 4.57. The summed E-state index contributed by atoms with van der Waals surface area (Å²) >= 11 is 0. The zero-order valence-corrected chi connectivity index (χ0v) is 13.2. The molecule has 0 amide bonds. The number of aliphatic hydroxyl groups is 1. The van der Waals surface area contributed by atoms with Gasteiger partial charge >= 0.3 is 0 Å². The van der Waals surface area contributed by atoms with Crippen LogP contribution in [0.1, 0.15) is 30.1 Å². The van der Waals surface area contributed by atoms with Gasteiger partial charge in [0.15, 0.2) is 0 Å². The number of β-amino-alcohol motifs (C(OH)–C–C–N with tert-alkyl or cyclic N) is 1. The van der Waals surface area contributed by atoms with Crippen LogP contribution in [0.25, 0.3) is 0 Å². The van der Waals surface area contributed by atoms with Gasteiger partial charge in [-0.15, -0.1) is 0 Å². The van der Waals surface area contributed by atoms with Gasteiger partial charge in [-0.25, -0.2) is 4.98 Å². The van der Waals surface area contributed by atoms with Gasteiger partial charge in [-0.2, -0.15) is 0 Å². The van der Waals surface area contributed by atoms with E-state index in [1.54, 1.807) is 0 Å². The predicted octanol–water partition coefficient (Wildman–Crippen LogP) is 2.20. The Hall–Kier alpha value is -1.65. The summed E-state index contributed by atoms with van der Waals surface area (Å²) < 4.78 is 2.11. The second-order valence-electron chi connectivity index (χ2n) is 6.32. The molecule has 1 N–H and O–H groups in total. The minimum absolute atomic E-state index is 0.250. The van der Waals surface area contributed by atoms with Crippen LogP contribution in [-0.2, 0) is 13.5 Å². The summed E-state index contributed by atoms with van der Waals surface area (Å²) in [5.41, 5.74) is 1.30. The summed E-state index contributed by atoms with van der Waals surface area (Å²) in [6.07, 6.45) is 6.53. The first-order chi connectivity index (χ1) is 10.7. The summed E-state index contributed by atoms with van der Waals surface area (Å²) in [5, 5.41) is 10.3. The van der Waals surface area contributed by atoms with Gasteiger partial charge in [0.1, 0.15) is 5.82 Å². The molecule has 2 heterocycles. The van der Waals surface area contributed by atoms with Crippen LogP contribution in [0, 0.1) is 0 Å². The molecule has 2 atom stereocenters. The van der Waals surface area contributed by atoms with E-state index in [0.717, 1.165) is 38.9 Å². The largest absolute Gasteiger partial charge is 0.392 e. The van der Waals surface area contributed by atoms with Crippen molar-refractivity contribution in [3.05, 3.63) is 54.1 Å². The molecule has 1 aliphatic heterocycles. The van der Waals surface area contributed by atoms with Crippen molar-refractivity contribution in [2.75, 3.05) is 19.6 Å². The molecule has 1 fully saturated rings. The molecule has 1 aromatic heterocycles. The van der Waals surface area contributed by atoms with Crippen LogP contribution in [0.5, 0.6) is 0 Å². The van der Waals surface area contributed by atoms with Crippen molar-refractivity contribution in [1.82, 2.24) is 14.5 Å². The minimum atomic E-state index is -0.250. The third-order valence-electron chi connectivity index (χ3n) is 4.57. The van der Waals surface area contributed by atoms with E-state index in [0.29, 0.717) is 5.92 Å². The number of hydrogen-bond donors (Lipinski definition) is 1. The molecule has 0 aliphatic carbocycles. The zero-order chi connectivity index (χ0) is 15.4. The summed E-state index contributed by atoms with van der Waals surface area (Å²) in [7, 11) is 2.06. The van der Waals surface area contributed by atoms with Crippen LogP contribution < -0.4 is 0 Å². The number of likely N-dealkylation sites (tertiary alicyclic amines) is 1. The van der Waals surface area contributed by atoms with Gasteiger partial charge in [0, 0.05) is 38.4 Å². The first kappa shape index (κ1) is 15.3. The smallest absolute Gasteiger partial charge is 0.112 e. The van der Waals surface area contributed by atoms with E-state index in [1.807, 2.05) is 18.5 Å². The van der Waals surface area contributed by atoms with Crippen molar-refractivity contribution in [1.29, 1.82) is 0 Å². The highest BCUT2D eigenvalue weighted by atomic mass is 16.3. The second-order valence-corrected chi connectivity index (χ2v) is 6.32. The topological polar surface area (TPSA) is 41.3 Å². The van der Waals surface area contributed by atoms with Gasteiger partial charge in [-0.1, -0.05) is 30.3 Å². The Morgan fingerprint density at radius 2 is 2.14 bits per heavy atom. The Kier molecular flexibility index (Phi) is 4.90. The molecular formula is C18H25N3O. The molecule has 4 heteroatoms. The Morgan fingerprint density at radius 1 is 1.32 bits per heavy atom. The standard InChI is InChI=1S/C18H25N3O/c1-20-12-10-19-18(20)16-9-11-21(13-16)14-17(22)8-7-15-5-3-2-4-6-15/h2-6,10,12,16-17,22H,7-9,11,13-14H2,1H3. The molecule has 22 heavy (non-hydrogen) atoms. The molecule has 2 aromatic rings. The first-order valence-corrected chi connectivity index (χ1v) is 8.14. The van der Waals surface area contributed by atoms with Gasteiger partial charge in [-0.3, -0.25) is 0 Å². The lowest BCUT2D eigenvalue weighted by atomic mass is 10.1. The highest BCUT2D eigenvalue weighted by Gasteiger charge is 2.27. The van der Waals surface area contributed by atoms with Crippen LogP contribution in [0.4, 0.5) is 0 Å². The zero-order valence-electron chi connectivity index (χ0n) is 13.2. The molecule has 0 bridgehead atoms. The average molecular weight is 299 g/mol. The fourth-order valence-corrected chi connectivity index (χ4v) is 3.35. The molecule has 1 aliphatic rings. The third kappa shape index (κ3) is 3.76. The van der Waals surface area contributed by atoms with Gasteiger partial charge in [0.05, 0.1) is 6.10 Å². The average Bonchev–Trinajstić information content (AvgIpc) is 3.15. The van der Waals surface area contributed by atoms with Gasteiger partial charge < -0.3 is 14.6 Å². The van der Waals surface area contributed by atoms with Crippen molar-refractivity contribution < 1.29 is 5.11 Å². The number of hydrogen-bond acceptors (Lipinski definition) is 3. The van der Waals surface area contributed by atoms with Crippen molar-refractivity contribution in [3.8, 4) is 0 Å². The van der Waals surface area contributed by atoms with Crippen molar-refractivity contribution in [2.45, 2.75) is 31.3 Å². The molecule has 0 spiro atoms. The van der Waals surface area contributed by atoms with Crippen LogP contribution in [0.2, 0.25) is 0 Å². The van der Waals surface area contributed by atoms with Crippen molar-refractivity contribution in [3.63, 3.8) is 0 Å². The van der Waals surface area contributed by atoms with Crippen LogP contribution >= 0.6 is 0 Å². The number of nitrogens with zero attached hydrogens (tertiary/aromatic N) is 3. The molecule has 0 radical (unpaired) electrons. The second kappa shape index (κ2) is 7.07. The number of aryl methyl sites for hydroxylation is 2. The number of rotatable bonds is 6. The SMILES string of the molecule is Cn1ccnc1C1CCN(CC(O)CCc2ccccc2)C1. The molecule has 1 saturated heterocycles. The molecule has 0 saturated carbocycles. The quantitative estimate of drug-likeness (QED) is 0.889. The fraction of sp³-hybridized carbons (Fsp3) is 0.500. The lowest BCUT2D eigenvalue weighted by Crippen LogP contribution is -2.31. The van der Waals surface area contributed by atoms with Crippen LogP contribution in [0.3, 0.4) is 0 Å². The van der Waals surface area contributed by atoms with Gasteiger partial charge in [0.2, 0.25) is 0 Å². The number of benzene rings is 1. The van der Waals surface area contributed by atoms with E-state index in [9.17, 15) is 5.11 Å². The minimum Gasteiger partial charge on any atom is -0.392 e. The predicted molar refractivity (Wildman–Crippen MR) is 87.8 cm³/mol. The molecular weight excluding hydrogens is 274 g/mol. The molecule has 2 unspecified atom stereocenters. The number of imidazole rings is 1. The Morgan fingerprint density at radius 3 is 2.86 bits per heavy atom. The fourth-order valence-electron chi connectivity index (χ4n) is 3.35. The maximum Gasteiger partial charge on any atom is 0.112 e. The number of aromatic nitrogens is 2. The molecule has 3 rings (SSSR count). The van der Waals surface area contributed by atoms with E-state index in [1.165, 1.54) is 11.4 Å². The highest BCUT2D eigenvalue weighted by Crippen LogP contribution is 2.25. The maximum absolute atomic E-state index is 10.3. The normalized spacial score (nSPS) is 20.4. The lowest BCUT2D eigenvalue weighted by molar-refractivity contribution is 0.116. The Labute approximate surface area is 132 Å². The lowest BCUT2D eigenvalue weighted by Gasteiger charge is -2.20. The van der Waals surface area contributed by atoms with E-state index in [2.05, 4.69) is 45.8 Å². The van der Waals surface area contributed by atoms with Crippen molar-refractivity contribution in [2.24, 2.45) is 7.05 Å². The number of aliphatic hydroxyl groups excluding tert-OH is 1. The maximum atomic E-state index is 10.3. The highest BCUT2D eigenvalue weighted by molar-refractivity contribution is 5.14. The molecule has 1 aromatic carbocycles. The molecule has 4 nitrogen and oxygen atoms in total. The van der Waals surface area contributed by atoms with E-state index in [4.69, 9.17) is 0 Å². The van der Waals surface area contributed by atoms with Crippen LogP contribution in [-0.4, -0.2) is 45.3 Å². The van der Waals surface area contributed by atoms with Crippen LogP contribution in [0.15, 0.2) is 42.7 Å². The summed E-state index contributed by atoms with van der Waals surface area (Å²) in [5.74, 6) is 1.67. The van der Waals surface area contributed by atoms with E-state index < -0.39 is 0 Å². The monoisotopic (exact) mass is 299 g/mol. The van der Waals surface area contributed by atoms with Gasteiger partial charge in [0.25, 0.3) is 0 Å². The van der Waals surface area contributed by atoms with E-state index in [-0.39, 0.29) is 6.10 Å². The van der Waals surface area contributed by atoms with Gasteiger partial charge in [-0.05, 0) is 31.4 Å².